The number of unbranched alkanes of at least 4 members (excludes halogenated alkanes) is 8. The average molecular weight is 507 g/mol. The van der Waals surface area contributed by atoms with E-state index in [9.17, 15) is 20.1 Å². The van der Waals surface area contributed by atoms with Gasteiger partial charge in [0.2, 0.25) is 6.29 Å². The number of esters is 1. The van der Waals surface area contributed by atoms with Crippen molar-refractivity contribution in [2.24, 2.45) is 0 Å². The molecule has 5 atom stereocenters. The van der Waals surface area contributed by atoms with E-state index in [4.69, 9.17) is 20.6 Å². The third kappa shape index (κ3) is 14.6. The van der Waals surface area contributed by atoms with Crippen molar-refractivity contribution >= 4 is 5.97 Å². The number of rotatable bonds is 13. The predicted molar refractivity (Wildman–Crippen MR) is 138 cm³/mol. The predicted octanol–water partition coefficient (Wildman–Crippen LogP) is 1.88. The lowest BCUT2D eigenvalue weighted by Crippen LogP contribution is -2.59. The maximum atomic E-state index is 12.0. The second-order valence-corrected chi connectivity index (χ2v) is 8.27. The Balaban J connectivity index is 2.39. The summed E-state index contributed by atoms with van der Waals surface area (Å²) in [7, 11) is 0. The molecule has 0 saturated carbocycles. The Bertz CT molecular complexity index is 1050. The molecule has 0 amide bonds. The normalized spacial score (nSPS) is 21.3. The number of aliphatic hydroxyl groups excluding tert-OH is 3. The molecule has 196 valence electrons. The summed E-state index contributed by atoms with van der Waals surface area (Å²) in [5.41, 5.74) is 0. The highest BCUT2D eigenvalue weighted by Gasteiger charge is 2.45. The summed E-state index contributed by atoms with van der Waals surface area (Å²) < 4.78 is 15.7. The van der Waals surface area contributed by atoms with Crippen LogP contribution in [0.3, 0.4) is 0 Å². The molecular weight excluding hydrogens is 472 g/mol. The number of aliphatic hydroxyl groups is 3. The van der Waals surface area contributed by atoms with Crippen LogP contribution in [0.5, 0.6) is 0 Å². The van der Waals surface area contributed by atoms with E-state index < -0.39 is 36.7 Å². The minimum Gasteiger partial charge on any atom is -0.463 e. The van der Waals surface area contributed by atoms with Crippen molar-refractivity contribution in [3.05, 3.63) is 0 Å². The molecule has 7 heteroatoms. The summed E-state index contributed by atoms with van der Waals surface area (Å²) in [6.45, 7) is 1.90. The highest BCUT2D eigenvalue weighted by molar-refractivity contribution is 5.69. The topological polar surface area (TPSA) is 105 Å². The Hall–Kier alpha value is -3.53. The highest BCUT2D eigenvalue weighted by atomic mass is 16.7. The standard InChI is InChI=1S/C30H34O7/c1-3-5-7-9-11-13-15-17-19-21-23-35-30-29(34)28(33)27(32)25(37-30)24-36-26(31)22-20-18-16-14-12-10-8-6-4-2/h1,25,27-30,32-34H,4,6,8,10,12,14,16,18,20,22,24H2,2H3. The number of ether oxygens (including phenoxy) is 3. The molecule has 0 aromatic rings. The molecule has 37 heavy (non-hydrogen) atoms. The van der Waals surface area contributed by atoms with Crippen molar-refractivity contribution in [2.75, 3.05) is 6.61 Å². The first-order valence-corrected chi connectivity index (χ1v) is 12.5. The molecule has 0 aliphatic carbocycles. The van der Waals surface area contributed by atoms with Crippen LogP contribution in [-0.2, 0) is 19.0 Å². The summed E-state index contributed by atoms with van der Waals surface area (Å²) in [5.74, 6) is 23.2. The van der Waals surface area contributed by atoms with Gasteiger partial charge in [-0.15, -0.1) is 6.42 Å². The average Bonchev–Trinajstić information content (AvgIpc) is 2.90. The van der Waals surface area contributed by atoms with Crippen molar-refractivity contribution in [3.8, 4) is 71.7 Å². The van der Waals surface area contributed by atoms with Crippen molar-refractivity contribution in [2.45, 2.75) is 102 Å². The molecule has 0 bridgehead atoms. The van der Waals surface area contributed by atoms with E-state index in [0.717, 1.165) is 19.3 Å². The van der Waals surface area contributed by atoms with E-state index in [-0.39, 0.29) is 13.0 Å². The summed E-state index contributed by atoms with van der Waals surface area (Å²) in [5, 5.41) is 30.3. The molecule has 0 aromatic carbocycles. The fourth-order valence-corrected chi connectivity index (χ4v) is 3.35. The molecule has 1 fully saturated rings. The van der Waals surface area contributed by atoms with Crippen LogP contribution in [0.1, 0.15) is 71.1 Å². The van der Waals surface area contributed by atoms with Gasteiger partial charge in [0.15, 0.2) is 0 Å². The van der Waals surface area contributed by atoms with Crippen LogP contribution >= 0.6 is 0 Å². The SMILES string of the molecule is C#CC#CC#CC#CC#CC#COC1OC(COC(=O)CCCCCCCCCCC)C(O)C(O)C1O. The fraction of sp³-hybridized carbons (Fsp3) is 0.567. The lowest BCUT2D eigenvalue weighted by atomic mass is 9.99. The van der Waals surface area contributed by atoms with Gasteiger partial charge in [0.05, 0.1) is 0 Å². The van der Waals surface area contributed by atoms with E-state index in [2.05, 4.69) is 72.2 Å². The highest BCUT2D eigenvalue weighted by Crippen LogP contribution is 2.22. The zero-order chi connectivity index (χ0) is 27.1. The maximum Gasteiger partial charge on any atom is 0.305 e. The van der Waals surface area contributed by atoms with Gasteiger partial charge in [-0.1, -0.05) is 58.3 Å². The summed E-state index contributed by atoms with van der Waals surface area (Å²) in [6.07, 6.45) is 10.6. The van der Waals surface area contributed by atoms with Gasteiger partial charge in [-0.3, -0.25) is 4.79 Å². The second-order valence-electron chi connectivity index (χ2n) is 8.27. The van der Waals surface area contributed by atoms with Gasteiger partial charge in [0, 0.05) is 36.0 Å². The number of carbonyl (C=O) groups is 1. The van der Waals surface area contributed by atoms with Gasteiger partial charge in [0.25, 0.3) is 0 Å². The molecule has 1 saturated heterocycles. The Morgan fingerprint density at radius 3 is 1.89 bits per heavy atom. The Labute approximate surface area is 220 Å². The van der Waals surface area contributed by atoms with Crippen LogP contribution in [-0.4, -0.2) is 58.6 Å². The Kier molecular flexibility index (Phi) is 17.6. The van der Waals surface area contributed by atoms with E-state index in [1.165, 1.54) is 38.5 Å². The minimum atomic E-state index is -1.57. The molecular formula is C30H34O7. The first kappa shape index (κ1) is 31.5. The molecule has 1 heterocycles. The third-order valence-electron chi connectivity index (χ3n) is 5.36. The van der Waals surface area contributed by atoms with Crippen LogP contribution < -0.4 is 0 Å². The number of terminal acetylenes is 1. The molecule has 5 unspecified atom stereocenters. The van der Waals surface area contributed by atoms with Crippen LogP contribution in [0, 0.1) is 71.7 Å². The zero-order valence-corrected chi connectivity index (χ0v) is 21.2. The molecule has 0 spiro atoms. The van der Waals surface area contributed by atoms with Crippen LogP contribution in [0.25, 0.3) is 0 Å². The summed E-state index contributed by atoms with van der Waals surface area (Å²) >= 11 is 0. The lowest BCUT2D eigenvalue weighted by Gasteiger charge is -2.38. The monoisotopic (exact) mass is 506 g/mol. The van der Waals surface area contributed by atoms with Gasteiger partial charge in [-0.25, -0.2) is 0 Å². The molecule has 7 nitrogen and oxygen atoms in total. The first-order chi connectivity index (χ1) is 18.0. The van der Waals surface area contributed by atoms with Crippen molar-refractivity contribution in [3.63, 3.8) is 0 Å². The van der Waals surface area contributed by atoms with Crippen molar-refractivity contribution < 1.29 is 34.3 Å². The molecule has 1 aliphatic rings. The fourth-order valence-electron chi connectivity index (χ4n) is 3.35. The molecule has 1 rings (SSSR count). The Morgan fingerprint density at radius 2 is 1.30 bits per heavy atom. The van der Waals surface area contributed by atoms with Crippen LogP contribution in [0.2, 0.25) is 0 Å². The van der Waals surface area contributed by atoms with Crippen LogP contribution in [0.15, 0.2) is 0 Å². The smallest absolute Gasteiger partial charge is 0.305 e. The van der Waals surface area contributed by atoms with E-state index in [1.807, 2.05) is 0 Å². The molecule has 0 aromatic heterocycles. The van der Waals surface area contributed by atoms with Gasteiger partial charge in [0.1, 0.15) is 37.1 Å². The minimum absolute atomic E-state index is 0.265. The largest absolute Gasteiger partial charge is 0.463 e. The number of carbonyl (C=O) groups excluding carboxylic acids is 1. The zero-order valence-electron chi connectivity index (χ0n) is 21.2. The van der Waals surface area contributed by atoms with Crippen LogP contribution in [0.4, 0.5) is 0 Å². The summed E-state index contributed by atoms with van der Waals surface area (Å²) in [4.78, 5) is 12.0. The molecule has 1 aliphatic heterocycles. The number of hydrogen-bond donors (Lipinski definition) is 3. The van der Waals surface area contributed by atoms with Crippen molar-refractivity contribution in [1.29, 1.82) is 0 Å². The van der Waals surface area contributed by atoms with Gasteiger partial charge in [-0.2, -0.15) is 0 Å². The quantitative estimate of drug-likeness (QED) is 0.199. The van der Waals surface area contributed by atoms with E-state index >= 15 is 0 Å². The Morgan fingerprint density at radius 1 is 0.757 bits per heavy atom. The molecule has 3 N–H and O–H groups in total. The second kappa shape index (κ2) is 20.6. The van der Waals surface area contributed by atoms with E-state index in [0.29, 0.717) is 0 Å². The van der Waals surface area contributed by atoms with Gasteiger partial charge < -0.3 is 29.5 Å². The van der Waals surface area contributed by atoms with Gasteiger partial charge >= 0.3 is 5.97 Å². The number of hydrogen-bond acceptors (Lipinski definition) is 7. The lowest BCUT2D eigenvalue weighted by molar-refractivity contribution is -0.285. The third-order valence-corrected chi connectivity index (χ3v) is 5.36. The molecule has 0 radical (unpaired) electrons. The summed E-state index contributed by atoms with van der Waals surface area (Å²) in [6, 6.07) is 0. The first-order valence-electron chi connectivity index (χ1n) is 12.5. The van der Waals surface area contributed by atoms with Gasteiger partial charge in [-0.05, 0) is 36.0 Å². The van der Waals surface area contributed by atoms with E-state index in [1.54, 1.807) is 0 Å². The van der Waals surface area contributed by atoms with Crippen molar-refractivity contribution in [1.82, 2.24) is 0 Å². The maximum absolute atomic E-state index is 12.0.